The maximum Gasteiger partial charge on any atom is 0.142 e. The average molecular weight is 568 g/mol. The van der Waals surface area contributed by atoms with Crippen molar-refractivity contribution in [1.82, 2.24) is 0 Å². The molecule has 1 aliphatic carbocycles. The molecule has 7 aromatic rings. The fraction of sp³-hybridized carbons (Fsp3) is 0.0952. The van der Waals surface area contributed by atoms with E-state index in [-0.39, 0.29) is 5.41 Å². The van der Waals surface area contributed by atoms with Gasteiger partial charge in [-0.3, -0.25) is 0 Å². The lowest BCUT2D eigenvalue weighted by molar-refractivity contribution is 0.311. The van der Waals surface area contributed by atoms with Gasteiger partial charge in [-0.15, -0.1) is 0 Å². The lowest BCUT2D eigenvalue weighted by atomic mass is 9.80. The van der Waals surface area contributed by atoms with Crippen molar-refractivity contribution in [2.24, 2.45) is 0 Å². The molecule has 2 nitrogen and oxygen atoms in total. The molecule has 2 heteroatoms. The first-order chi connectivity index (χ1) is 21.5. The van der Waals surface area contributed by atoms with Gasteiger partial charge in [-0.25, -0.2) is 0 Å². The van der Waals surface area contributed by atoms with E-state index >= 15 is 0 Å². The third kappa shape index (κ3) is 4.10. The van der Waals surface area contributed by atoms with E-state index < -0.39 is 0 Å². The summed E-state index contributed by atoms with van der Waals surface area (Å²) in [6.45, 7) is 5.12. The van der Waals surface area contributed by atoms with Gasteiger partial charge in [-0.1, -0.05) is 123 Å². The molecule has 44 heavy (non-hydrogen) atoms. The molecule has 1 aliphatic rings. The van der Waals surface area contributed by atoms with Crippen molar-refractivity contribution < 1.29 is 4.74 Å². The summed E-state index contributed by atoms with van der Waals surface area (Å²) >= 11 is 0. The zero-order valence-electron chi connectivity index (χ0n) is 25.0. The van der Waals surface area contributed by atoms with Gasteiger partial charge < -0.3 is 10.5 Å². The van der Waals surface area contributed by atoms with E-state index in [9.17, 15) is 0 Å². The quantitative estimate of drug-likeness (QED) is 0.166. The third-order valence-electron chi connectivity index (χ3n) is 9.39. The summed E-state index contributed by atoms with van der Waals surface area (Å²) in [7, 11) is 0. The lowest BCUT2D eigenvalue weighted by Gasteiger charge is -2.24. The van der Waals surface area contributed by atoms with Crippen molar-refractivity contribution in [3.05, 3.63) is 156 Å². The fourth-order valence-corrected chi connectivity index (χ4v) is 7.17. The predicted molar refractivity (Wildman–Crippen MR) is 185 cm³/mol. The minimum Gasteiger partial charge on any atom is -0.487 e. The topological polar surface area (TPSA) is 35.2 Å². The zero-order valence-corrected chi connectivity index (χ0v) is 25.0. The highest BCUT2D eigenvalue weighted by atomic mass is 16.5. The number of nitrogen functional groups attached to an aromatic ring is 1. The SMILES string of the molecule is CC1(C)c2ccccc2-c2cc3c(COc4ccccc4N)c4ccccc4c(-c4cccc(-c5ccccc5)c4)c3cc21. The molecule has 0 aromatic heterocycles. The summed E-state index contributed by atoms with van der Waals surface area (Å²) in [6.07, 6.45) is 0. The van der Waals surface area contributed by atoms with Gasteiger partial charge in [0.15, 0.2) is 0 Å². The van der Waals surface area contributed by atoms with Crippen LogP contribution < -0.4 is 10.5 Å². The largest absolute Gasteiger partial charge is 0.487 e. The van der Waals surface area contributed by atoms with Gasteiger partial charge in [0.2, 0.25) is 0 Å². The smallest absolute Gasteiger partial charge is 0.142 e. The molecule has 0 aliphatic heterocycles. The summed E-state index contributed by atoms with van der Waals surface area (Å²) in [4.78, 5) is 0. The molecule has 0 fully saturated rings. The van der Waals surface area contributed by atoms with E-state index in [1.807, 2.05) is 24.3 Å². The Morgan fingerprint density at radius 3 is 2.05 bits per heavy atom. The summed E-state index contributed by atoms with van der Waals surface area (Å²) < 4.78 is 6.47. The molecular weight excluding hydrogens is 534 g/mol. The van der Waals surface area contributed by atoms with Crippen molar-refractivity contribution in [3.8, 4) is 39.1 Å². The van der Waals surface area contributed by atoms with Crippen molar-refractivity contribution in [2.45, 2.75) is 25.9 Å². The van der Waals surface area contributed by atoms with E-state index in [2.05, 4.69) is 129 Å². The van der Waals surface area contributed by atoms with Gasteiger partial charge in [-0.05, 0) is 96.4 Å². The highest BCUT2D eigenvalue weighted by molar-refractivity contribution is 6.16. The van der Waals surface area contributed by atoms with Crippen LogP contribution in [0.2, 0.25) is 0 Å². The second kappa shape index (κ2) is 10.1. The molecule has 0 bridgehead atoms. The summed E-state index contributed by atoms with van der Waals surface area (Å²) in [5.74, 6) is 0.706. The second-order valence-electron chi connectivity index (χ2n) is 12.3. The highest BCUT2D eigenvalue weighted by Crippen LogP contribution is 2.52. The normalized spacial score (nSPS) is 13.1. The van der Waals surface area contributed by atoms with E-state index in [1.165, 1.54) is 71.6 Å². The molecule has 0 spiro atoms. The maximum atomic E-state index is 6.47. The lowest BCUT2D eigenvalue weighted by Crippen LogP contribution is -2.15. The van der Waals surface area contributed by atoms with E-state index in [0.29, 0.717) is 18.0 Å². The zero-order chi connectivity index (χ0) is 29.8. The molecule has 8 rings (SSSR count). The van der Waals surface area contributed by atoms with Crippen LogP contribution in [0.5, 0.6) is 5.75 Å². The van der Waals surface area contributed by atoms with Gasteiger partial charge in [0.25, 0.3) is 0 Å². The number of rotatable bonds is 5. The van der Waals surface area contributed by atoms with Gasteiger partial charge >= 0.3 is 0 Å². The van der Waals surface area contributed by atoms with Crippen molar-refractivity contribution in [1.29, 1.82) is 0 Å². The second-order valence-corrected chi connectivity index (χ2v) is 12.3. The maximum absolute atomic E-state index is 6.47. The van der Waals surface area contributed by atoms with Gasteiger partial charge in [0, 0.05) is 11.0 Å². The first kappa shape index (κ1) is 26.3. The third-order valence-corrected chi connectivity index (χ3v) is 9.39. The van der Waals surface area contributed by atoms with Crippen LogP contribution in [0.15, 0.2) is 140 Å². The monoisotopic (exact) mass is 567 g/mol. The molecule has 212 valence electrons. The number of benzene rings is 7. The summed E-state index contributed by atoms with van der Waals surface area (Å²) in [5, 5.41) is 4.87. The minimum atomic E-state index is -0.107. The molecule has 0 radical (unpaired) electrons. The molecule has 2 N–H and O–H groups in total. The number of anilines is 1. The van der Waals surface area contributed by atoms with Crippen LogP contribution in [0.1, 0.15) is 30.5 Å². The van der Waals surface area contributed by atoms with Crippen LogP contribution in [0, 0.1) is 0 Å². The first-order valence-corrected chi connectivity index (χ1v) is 15.3. The number of hydrogen-bond acceptors (Lipinski definition) is 2. The Morgan fingerprint density at radius 2 is 1.20 bits per heavy atom. The van der Waals surface area contributed by atoms with Crippen molar-refractivity contribution in [2.75, 3.05) is 5.73 Å². The molecule has 0 amide bonds. The number of hydrogen-bond donors (Lipinski definition) is 1. The van der Waals surface area contributed by atoms with Gasteiger partial charge in [0.1, 0.15) is 12.4 Å². The summed E-state index contributed by atoms with van der Waals surface area (Å²) in [5.41, 5.74) is 18.3. The van der Waals surface area contributed by atoms with Crippen LogP contribution >= 0.6 is 0 Å². The highest BCUT2D eigenvalue weighted by Gasteiger charge is 2.36. The van der Waals surface area contributed by atoms with Crippen LogP contribution in [0.4, 0.5) is 5.69 Å². The van der Waals surface area contributed by atoms with E-state index in [1.54, 1.807) is 0 Å². The molecule has 0 atom stereocenters. The van der Waals surface area contributed by atoms with Crippen molar-refractivity contribution in [3.63, 3.8) is 0 Å². The van der Waals surface area contributed by atoms with Crippen LogP contribution in [0.3, 0.4) is 0 Å². The first-order valence-electron chi connectivity index (χ1n) is 15.3. The molecular formula is C42H33NO. The minimum absolute atomic E-state index is 0.107. The summed E-state index contributed by atoms with van der Waals surface area (Å²) in [6, 6.07) is 49.8. The van der Waals surface area contributed by atoms with E-state index in [4.69, 9.17) is 10.5 Å². The predicted octanol–water partition coefficient (Wildman–Crippen LogP) is 10.8. The molecule has 7 aromatic carbocycles. The number of ether oxygens (including phenoxy) is 1. The van der Waals surface area contributed by atoms with Crippen LogP contribution in [0.25, 0.3) is 54.9 Å². The standard InChI is InChI=1S/C42H33NO/c1-42(2)37-20-9-8-18-31(37)34-24-33-35(25-38(34)42)41(29-16-12-15-28(23-29)27-13-4-3-5-14-27)32-19-7-6-17-30(32)36(33)26-44-40-22-11-10-21-39(40)43/h3-25H,26,43H2,1-2H3. The number of para-hydroxylation sites is 2. The Kier molecular flexibility index (Phi) is 6.06. The van der Waals surface area contributed by atoms with Gasteiger partial charge in [-0.2, -0.15) is 0 Å². The Labute approximate surface area is 258 Å². The van der Waals surface area contributed by atoms with Crippen LogP contribution in [-0.4, -0.2) is 0 Å². The van der Waals surface area contributed by atoms with Crippen molar-refractivity contribution >= 4 is 27.2 Å². The van der Waals surface area contributed by atoms with Gasteiger partial charge in [0.05, 0.1) is 5.69 Å². The molecule has 0 saturated carbocycles. The Morgan fingerprint density at radius 1 is 0.523 bits per heavy atom. The Hall–Kier alpha value is -5.34. The average Bonchev–Trinajstić information content (AvgIpc) is 3.29. The molecule has 0 saturated heterocycles. The Balaban J connectivity index is 1.44. The number of nitrogens with two attached hydrogens (primary N) is 1. The molecule has 0 heterocycles. The molecule has 0 unspecified atom stereocenters. The number of fused-ring (bicyclic) bond motifs is 5. The Bertz CT molecular complexity index is 2210. The fourth-order valence-electron chi connectivity index (χ4n) is 7.17. The van der Waals surface area contributed by atoms with Crippen LogP contribution in [-0.2, 0) is 12.0 Å². The van der Waals surface area contributed by atoms with E-state index in [0.717, 1.165) is 0 Å².